The van der Waals surface area contributed by atoms with Crippen LogP contribution in [0.2, 0.25) is 5.02 Å². The van der Waals surface area contributed by atoms with Gasteiger partial charge in [0.25, 0.3) is 0 Å². The highest BCUT2D eigenvalue weighted by Crippen LogP contribution is 2.32. The van der Waals surface area contributed by atoms with Crippen LogP contribution in [-0.4, -0.2) is 18.3 Å². The van der Waals surface area contributed by atoms with Crippen LogP contribution < -0.4 is 11.1 Å². The third-order valence-electron chi connectivity index (χ3n) is 2.56. The second kappa shape index (κ2) is 5.10. The maximum absolute atomic E-state index is 5.98. The molecule has 0 aromatic heterocycles. The van der Waals surface area contributed by atoms with Crippen LogP contribution in [-0.2, 0) is 0 Å². The number of benzene rings is 1. The van der Waals surface area contributed by atoms with Crippen molar-refractivity contribution in [2.75, 3.05) is 18.8 Å². The van der Waals surface area contributed by atoms with Crippen LogP contribution in [0.25, 0.3) is 0 Å². The van der Waals surface area contributed by atoms with Crippen LogP contribution in [0.1, 0.15) is 12.8 Å². The van der Waals surface area contributed by atoms with E-state index in [0.717, 1.165) is 13.1 Å². The lowest BCUT2D eigenvalue weighted by Crippen LogP contribution is -2.29. The van der Waals surface area contributed by atoms with Crippen molar-refractivity contribution in [3.63, 3.8) is 0 Å². The van der Waals surface area contributed by atoms with Crippen molar-refractivity contribution in [2.45, 2.75) is 23.0 Å². The van der Waals surface area contributed by atoms with Gasteiger partial charge in [-0.15, -0.1) is 11.8 Å². The van der Waals surface area contributed by atoms with Crippen LogP contribution in [0.3, 0.4) is 0 Å². The van der Waals surface area contributed by atoms with Crippen molar-refractivity contribution in [1.82, 2.24) is 5.32 Å². The molecule has 1 fully saturated rings. The van der Waals surface area contributed by atoms with Crippen molar-refractivity contribution in [3.8, 4) is 0 Å². The molecule has 0 amide bonds. The molecule has 2 nitrogen and oxygen atoms in total. The van der Waals surface area contributed by atoms with Gasteiger partial charge in [-0.05, 0) is 44.1 Å². The molecule has 0 atom stereocenters. The Morgan fingerprint density at radius 2 is 2.07 bits per heavy atom. The van der Waals surface area contributed by atoms with E-state index in [4.69, 9.17) is 17.3 Å². The molecule has 0 unspecified atom stereocenters. The molecule has 1 aliphatic rings. The maximum Gasteiger partial charge on any atom is 0.0646 e. The normalized spacial score (nSPS) is 17.9. The van der Waals surface area contributed by atoms with E-state index < -0.39 is 0 Å². The lowest BCUT2D eigenvalue weighted by Gasteiger charge is -2.22. The van der Waals surface area contributed by atoms with E-state index >= 15 is 0 Å². The molecule has 82 valence electrons. The summed E-state index contributed by atoms with van der Waals surface area (Å²) < 4.78 is 0. The minimum Gasteiger partial charge on any atom is -0.398 e. The summed E-state index contributed by atoms with van der Waals surface area (Å²) in [6, 6.07) is 5.89. The van der Waals surface area contributed by atoms with E-state index in [1.165, 1.54) is 17.7 Å². The summed E-state index contributed by atoms with van der Waals surface area (Å²) in [6.07, 6.45) is 2.46. The lowest BCUT2D eigenvalue weighted by molar-refractivity contribution is 0.531. The second-order valence-electron chi connectivity index (χ2n) is 3.75. The zero-order chi connectivity index (χ0) is 10.7. The fourth-order valence-electron chi connectivity index (χ4n) is 1.69. The van der Waals surface area contributed by atoms with E-state index in [-0.39, 0.29) is 0 Å². The largest absolute Gasteiger partial charge is 0.398 e. The molecule has 0 spiro atoms. The molecule has 1 heterocycles. The van der Waals surface area contributed by atoms with E-state index in [1.807, 2.05) is 30.0 Å². The average Bonchev–Trinajstić information content (AvgIpc) is 2.25. The van der Waals surface area contributed by atoms with Gasteiger partial charge >= 0.3 is 0 Å². The Morgan fingerprint density at radius 3 is 2.73 bits per heavy atom. The van der Waals surface area contributed by atoms with E-state index in [2.05, 4.69) is 5.32 Å². The van der Waals surface area contributed by atoms with Gasteiger partial charge in [0.2, 0.25) is 0 Å². The summed E-state index contributed by atoms with van der Waals surface area (Å²) in [6.45, 7) is 2.25. The van der Waals surface area contributed by atoms with Gasteiger partial charge in [-0.2, -0.15) is 0 Å². The van der Waals surface area contributed by atoms with Crippen LogP contribution in [0.5, 0.6) is 0 Å². The Morgan fingerprint density at radius 1 is 1.33 bits per heavy atom. The summed E-state index contributed by atoms with van der Waals surface area (Å²) in [5.74, 6) is 0. The van der Waals surface area contributed by atoms with Gasteiger partial charge in [0.05, 0.1) is 10.7 Å². The molecule has 0 bridgehead atoms. The number of nitrogens with one attached hydrogen (secondary N) is 1. The molecule has 3 N–H and O–H groups in total. The number of rotatable bonds is 2. The highest BCUT2D eigenvalue weighted by atomic mass is 35.5. The van der Waals surface area contributed by atoms with Gasteiger partial charge in [0.1, 0.15) is 0 Å². The highest BCUT2D eigenvalue weighted by Gasteiger charge is 2.14. The second-order valence-corrected chi connectivity index (χ2v) is 5.53. The topological polar surface area (TPSA) is 38.0 Å². The zero-order valence-corrected chi connectivity index (χ0v) is 10.1. The first kappa shape index (κ1) is 11.1. The summed E-state index contributed by atoms with van der Waals surface area (Å²) in [7, 11) is 0. The predicted molar refractivity (Wildman–Crippen MR) is 67.6 cm³/mol. The minimum atomic E-state index is 0.659. The molecule has 0 saturated carbocycles. The van der Waals surface area contributed by atoms with Gasteiger partial charge in [0, 0.05) is 10.1 Å². The number of anilines is 1. The van der Waals surface area contributed by atoms with Gasteiger partial charge in [-0.3, -0.25) is 0 Å². The van der Waals surface area contributed by atoms with Gasteiger partial charge in [-0.1, -0.05) is 11.6 Å². The van der Waals surface area contributed by atoms with Crippen LogP contribution in [0, 0.1) is 0 Å². The number of hydrogen-bond acceptors (Lipinski definition) is 3. The molecule has 4 heteroatoms. The molecule has 1 aliphatic heterocycles. The molecule has 1 aromatic carbocycles. The fourth-order valence-corrected chi connectivity index (χ4v) is 3.12. The lowest BCUT2D eigenvalue weighted by atomic mass is 10.2. The van der Waals surface area contributed by atoms with Crippen molar-refractivity contribution in [3.05, 3.63) is 23.2 Å². The Labute approximate surface area is 99.6 Å². The zero-order valence-electron chi connectivity index (χ0n) is 8.50. The first-order chi connectivity index (χ1) is 7.25. The molecule has 0 radical (unpaired) electrons. The Hall–Kier alpha value is -0.380. The van der Waals surface area contributed by atoms with Crippen LogP contribution >= 0.6 is 23.4 Å². The monoisotopic (exact) mass is 242 g/mol. The van der Waals surface area contributed by atoms with Crippen molar-refractivity contribution < 1.29 is 0 Å². The van der Waals surface area contributed by atoms with Crippen molar-refractivity contribution in [2.24, 2.45) is 0 Å². The third kappa shape index (κ3) is 3.03. The number of halogens is 1. The van der Waals surface area contributed by atoms with Crippen LogP contribution in [0.4, 0.5) is 5.69 Å². The third-order valence-corrected chi connectivity index (χ3v) is 4.22. The smallest absolute Gasteiger partial charge is 0.0646 e. The maximum atomic E-state index is 5.98. The summed E-state index contributed by atoms with van der Waals surface area (Å²) >= 11 is 7.89. The summed E-state index contributed by atoms with van der Waals surface area (Å²) in [5, 5.41) is 4.74. The van der Waals surface area contributed by atoms with E-state index in [0.29, 0.717) is 16.0 Å². The molecule has 1 aromatic rings. The van der Waals surface area contributed by atoms with Crippen molar-refractivity contribution >= 4 is 29.1 Å². The number of nitrogen functional groups attached to an aromatic ring is 1. The van der Waals surface area contributed by atoms with E-state index in [1.54, 1.807) is 0 Å². The summed E-state index contributed by atoms with van der Waals surface area (Å²) in [4.78, 5) is 1.22. The fraction of sp³-hybridized carbons (Fsp3) is 0.455. The molecule has 2 rings (SSSR count). The van der Waals surface area contributed by atoms with Gasteiger partial charge < -0.3 is 11.1 Å². The highest BCUT2D eigenvalue weighted by molar-refractivity contribution is 8.00. The van der Waals surface area contributed by atoms with Crippen LogP contribution in [0.15, 0.2) is 23.1 Å². The van der Waals surface area contributed by atoms with Crippen molar-refractivity contribution in [1.29, 1.82) is 0 Å². The quantitative estimate of drug-likeness (QED) is 0.784. The number of nitrogens with two attached hydrogens (primary N) is 1. The Kier molecular flexibility index (Phi) is 3.78. The first-order valence-corrected chi connectivity index (χ1v) is 6.44. The van der Waals surface area contributed by atoms with Gasteiger partial charge in [-0.25, -0.2) is 0 Å². The predicted octanol–water partition coefficient (Wildman–Crippen LogP) is 2.77. The SMILES string of the molecule is Nc1ccc(SC2CCNCC2)cc1Cl. The van der Waals surface area contributed by atoms with E-state index in [9.17, 15) is 0 Å². The van der Waals surface area contributed by atoms with Gasteiger partial charge in [0.15, 0.2) is 0 Å². The molecular weight excluding hydrogens is 228 g/mol. The first-order valence-electron chi connectivity index (χ1n) is 5.18. The summed E-state index contributed by atoms with van der Waals surface area (Å²) in [5.41, 5.74) is 6.33. The molecule has 0 aliphatic carbocycles. The minimum absolute atomic E-state index is 0.659. The molecule has 15 heavy (non-hydrogen) atoms. The number of hydrogen-bond donors (Lipinski definition) is 2. The molecular formula is C11H15ClN2S. The standard InChI is InChI=1S/C11H15ClN2S/c12-10-7-9(1-2-11(10)13)15-8-3-5-14-6-4-8/h1-2,7-8,14H,3-6,13H2. The Bertz CT molecular complexity index is 337. The average molecular weight is 243 g/mol. The Balaban J connectivity index is 2.00. The molecule has 1 saturated heterocycles. The number of thioether (sulfide) groups is 1. The number of piperidine rings is 1.